The Morgan fingerprint density at radius 1 is 1.59 bits per heavy atom. The molecule has 1 aromatic rings. The summed E-state index contributed by atoms with van der Waals surface area (Å²) in [6, 6.07) is 7.41. The maximum atomic E-state index is 11.0. The van der Waals surface area contributed by atoms with Gasteiger partial charge in [-0.3, -0.25) is 4.79 Å². The second-order valence-electron chi connectivity index (χ2n) is 4.18. The SMILES string of the molecule is CC(=O)N1CC(Nc2cc(C#N)ccc2N)C1. The second kappa shape index (κ2) is 4.34. The van der Waals surface area contributed by atoms with Crippen LogP contribution in [0.2, 0.25) is 0 Å². The van der Waals surface area contributed by atoms with E-state index in [9.17, 15) is 4.79 Å². The van der Waals surface area contributed by atoms with E-state index in [0.29, 0.717) is 24.3 Å². The van der Waals surface area contributed by atoms with Crippen LogP contribution in [0, 0.1) is 11.3 Å². The van der Waals surface area contributed by atoms with Gasteiger partial charge in [0.05, 0.1) is 29.0 Å². The van der Waals surface area contributed by atoms with Gasteiger partial charge in [0.15, 0.2) is 0 Å². The first-order valence-electron chi connectivity index (χ1n) is 5.42. The number of nitrogen functional groups attached to an aromatic ring is 1. The Kier molecular flexibility index (Phi) is 2.88. The molecule has 2 rings (SSSR count). The van der Waals surface area contributed by atoms with Crippen molar-refractivity contribution in [3.8, 4) is 6.07 Å². The van der Waals surface area contributed by atoms with Crippen LogP contribution >= 0.6 is 0 Å². The van der Waals surface area contributed by atoms with E-state index < -0.39 is 0 Å². The summed E-state index contributed by atoms with van der Waals surface area (Å²) in [4.78, 5) is 12.8. The zero-order valence-corrected chi connectivity index (χ0v) is 9.60. The molecule has 0 saturated carbocycles. The number of nitrogens with one attached hydrogen (secondary N) is 1. The summed E-state index contributed by atoms with van der Waals surface area (Å²) >= 11 is 0. The topological polar surface area (TPSA) is 82.2 Å². The minimum atomic E-state index is 0.0850. The van der Waals surface area contributed by atoms with Crippen LogP contribution < -0.4 is 11.1 Å². The standard InChI is InChI=1S/C12H14N4O/c1-8(17)16-6-10(7-16)15-12-4-9(5-13)2-3-11(12)14/h2-4,10,15H,6-7,14H2,1H3. The number of benzene rings is 1. The van der Waals surface area contributed by atoms with Crippen molar-refractivity contribution in [2.24, 2.45) is 0 Å². The predicted molar refractivity (Wildman–Crippen MR) is 65.2 cm³/mol. The molecule has 0 unspecified atom stereocenters. The zero-order chi connectivity index (χ0) is 12.4. The number of nitrogens with zero attached hydrogens (tertiary/aromatic N) is 2. The van der Waals surface area contributed by atoms with Gasteiger partial charge in [0.1, 0.15) is 0 Å². The van der Waals surface area contributed by atoms with Crippen LogP contribution in [0.1, 0.15) is 12.5 Å². The Labute approximate surface area is 99.8 Å². The highest BCUT2D eigenvalue weighted by molar-refractivity contribution is 5.75. The van der Waals surface area contributed by atoms with Crippen molar-refractivity contribution in [1.82, 2.24) is 4.90 Å². The Balaban J connectivity index is 2.01. The Bertz CT molecular complexity index is 486. The monoisotopic (exact) mass is 230 g/mol. The first kappa shape index (κ1) is 11.3. The van der Waals surface area contributed by atoms with Crippen molar-refractivity contribution >= 4 is 17.3 Å². The average Bonchev–Trinajstić information content (AvgIpc) is 2.24. The molecule has 0 aromatic heterocycles. The highest BCUT2D eigenvalue weighted by Crippen LogP contribution is 2.23. The van der Waals surface area contributed by atoms with Crippen molar-refractivity contribution < 1.29 is 4.79 Å². The first-order chi connectivity index (χ1) is 8.10. The maximum Gasteiger partial charge on any atom is 0.219 e. The number of amides is 1. The Hall–Kier alpha value is -2.22. The lowest BCUT2D eigenvalue weighted by molar-refractivity contribution is -0.132. The molecule has 3 N–H and O–H groups in total. The minimum absolute atomic E-state index is 0.0850. The number of nitriles is 1. The van der Waals surface area contributed by atoms with Crippen LogP contribution in [0.4, 0.5) is 11.4 Å². The number of hydrogen-bond acceptors (Lipinski definition) is 4. The fourth-order valence-electron chi connectivity index (χ4n) is 1.80. The van der Waals surface area contributed by atoms with Gasteiger partial charge in [0.25, 0.3) is 0 Å². The zero-order valence-electron chi connectivity index (χ0n) is 9.60. The third-order valence-electron chi connectivity index (χ3n) is 2.87. The lowest BCUT2D eigenvalue weighted by Crippen LogP contribution is -2.56. The molecule has 17 heavy (non-hydrogen) atoms. The molecule has 0 atom stereocenters. The molecule has 0 spiro atoms. The molecule has 1 fully saturated rings. The first-order valence-corrected chi connectivity index (χ1v) is 5.42. The maximum absolute atomic E-state index is 11.0. The van der Waals surface area contributed by atoms with Crippen LogP contribution in [0.3, 0.4) is 0 Å². The minimum Gasteiger partial charge on any atom is -0.397 e. The average molecular weight is 230 g/mol. The summed E-state index contributed by atoms with van der Waals surface area (Å²) in [5.41, 5.74) is 7.76. The van der Waals surface area contributed by atoms with Gasteiger partial charge in [-0.05, 0) is 18.2 Å². The van der Waals surface area contributed by atoms with Gasteiger partial charge in [0.2, 0.25) is 5.91 Å². The quantitative estimate of drug-likeness (QED) is 0.736. The van der Waals surface area contributed by atoms with E-state index in [1.165, 1.54) is 0 Å². The molecular weight excluding hydrogens is 216 g/mol. The molecule has 5 nitrogen and oxygen atoms in total. The summed E-state index contributed by atoms with van der Waals surface area (Å²) in [5.74, 6) is 0.0850. The van der Waals surface area contributed by atoms with Gasteiger partial charge < -0.3 is 16.0 Å². The van der Waals surface area contributed by atoms with Crippen LogP contribution in [-0.4, -0.2) is 29.9 Å². The molecule has 0 bridgehead atoms. The number of likely N-dealkylation sites (tertiary alicyclic amines) is 1. The van der Waals surface area contributed by atoms with Crippen molar-refractivity contribution in [2.75, 3.05) is 24.1 Å². The largest absolute Gasteiger partial charge is 0.397 e. The van der Waals surface area contributed by atoms with Crippen molar-refractivity contribution in [2.45, 2.75) is 13.0 Å². The number of hydrogen-bond donors (Lipinski definition) is 2. The molecule has 1 amide bonds. The van der Waals surface area contributed by atoms with Crippen LogP contribution in [0.5, 0.6) is 0 Å². The van der Waals surface area contributed by atoms with Gasteiger partial charge in [-0.15, -0.1) is 0 Å². The normalized spacial score (nSPS) is 14.9. The Morgan fingerprint density at radius 2 is 2.29 bits per heavy atom. The predicted octanol–water partition coefficient (Wildman–Crippen LogP) is 0.783. The summed E-state index contributed by atoms with van der Waals surface area (Å²) < 4.78 is 0. The van der Waals surface area contributed by atoms with Gasteiger partial charge >= 0.3 is 0 Å². The number of carbonyl (C=O) groups is 1. The number of rotatable bonds is 2. The van der Waals surface area contributed by atoms with E-state index in [-0.39, 0.29) is 11.9 Å². The summed E-state index contributed by atoms with van der Waals surface area (Å²) in [6.45, 7) is 2.93. The van der Waals surface area contributed by atoms with E-state index in [1.54, 1.807) is 30.0 Å². The van der Waals surface area contributed by atoms with Gasteiger partial charge in [-0.1, -0.05) is 0 Å². The molecule has 0 aliphatic carbocycles. The molecule has 1 aromatic carbocycles. The third kappa shape index (κ3) is 2.31. The fourth-order valence-corrected chi connectivity index (χ4v) is 1.80. The van der Waals surface area contributed by atoms with E-state index >= 15 is 0 Å². The van der Waals surface area contributed by atoms with Crippen LogP contribution in [0.25, 0.3) is 0 Å². The molecule has 88 valence electrons. The third-order valence-corrected chi connectivity index (χ3v) is 2.87. The molecule has 1 aliphatic heterocycles. The van der Waals surface area contributed by atoms with E-state index in [4.69, 9.17) is 11.0 Å². The van der Waals surface area contributed by atoms with Crippen molar-refractivity contribution in [3.05, 3.63) is 23.8 Å². The summed E-state index contributed by atoms with van der Waals surface area (Å²) in [5, 5.41) is 12.0. The summed E-state index contributed by atoms with van der Waals surface area (Å²) in [7, 11) is 0. The molecule has 5 heteroatoms. The number of carbonyl (C=O) groups excluding carboxylic acids is 1. The molecule has 1 saturated heterocycles. The number of anilines is 2. The van der Waals surface area contributed by atoms with Crippen LogP contribution in [-0.2, 0) is 4.79 Å². The number of nitrogens with two attached hydrogens (primary N) is 1. The van der Waals surface area contributed by atoms with E-state index in [2.05, 4.69) is 11.4 Å². The van der Waals surface area contributed by atoms with Gasteiger partial charge in [0, 0.05) is 20.0 Å². The lowest BCUT2D eigenvalue weighted by atomic mass is 10.1. The van der Waals surface area contributed by atoms with E-state index in [1.807, 2.05) is 0 Å². The van der Waals surface area contributed by atoms with Crippen LogP contribution in [0.15, 0.2) is 18.2 Å². The second-order valence-corrected chi connectivity index (χ2v) is 4.18. The molecule has 1 heterocycles. The van der Waals surface area contributed by atoms with Gasteiger partial charge in [-0.2, -0.15) is 5.26 Å². The summed E-state index contributed by atoms with van der Waals surface area (Å²) in [6.07, 6.45) is 0. The van der Waals surface area contributed by atoms with E-state index in [0.717, 1.165) is 5.69 Å². The highest BCUT2D eigenvalue weighted by Gasteiger charge is 2.28. The van der Waals surface area contributed by atoms with Gasteiger partial charge in [-0.25, -0.2) is 0 Å². The molecule has 0 radical (unpaired) electrons. The Morgan fingerprint density at radius 3 is 2.88 bits per heavy atom. The molecular formula is C12H14N4O. The smallest absolute Gasteiger partial charge is 0.219 e. The highest BCUT2D eigenvalue weighted by atomic mass is 16.2. The van der Waals surface area contributed by atoms with Crippen molar-refractivity contribution in [3.63, 3.8) is 0 Å². The lowest BCUT2D eigenvalue weighted by Gasteiger charge is -2.39. The van der Waals surface area contributed by atoms with Crippen molar-refractivity contribution in [1.29, 1.82) is 5.26 Å². The molecule has 1 aliphatic rings. The fraction of sp³-hybridized carbons (Fsp3) is 0.333.